The molecule has 1 aromatic carbocycles. The van der Waals surface area contributed by atoms with Crippen LogP contribution >= 0.6 is 0 Å². The molecule has 1 fully saturated rings. The second-order valence-electron chi connectivity index (χ2n) is 8.09. The van der Waals surface area contributed by atoms with Crippen LogP contribution in [0.3, 0.4) is 0 Å². The smallest absolute Gasteiger partial charge is 0.308 e. The zero-order valence-electron chi connectivity index (χ0n) is 15.7. The molecule has 1 saturated heterocycles. The normalized spacial score (nSPS) is 35.2. The number of ether oxygens (including phenoxy) is 3. The Bertz CT molecular complexity index is 878. The third-order valence-electron chi connectivity index (χ3n) is 6.67. The van der Waals surface area contributed by atoms with Gasteiger partial charge in [-0.15, -0.1) is 0 Å². The van der Waals surface area contributed by atoms with Crippen molar-refractivity contribution in [3.8, 4) is 11.5 Å². The van der Waals surface area contributed by atoms with E-state index in [0.29, 0.717) is 17.5 Å². The van der Waals surface area contributed by atoms with E-state index < -0.39 is 6.10 Å². The Hall–Kier alpha value is -2.34. The lowest BCUT2D eigenvalue weighted by molar-refractivity contribution is -0.152. The summed E-state index contributed by atoms with van der Waals surface area (Å²) < 4.78 is 17.5. The van der Waals surface area contributed by atoms with Crippen LogP contribution in [-0.2, 0) is 26.2 Å². The molecule has 2 aliphatic heterocycles. The maximum Gasteiger partial charge on any atom is 0.308 e. The summed E-state index contributed by atoms with van der Waals surface area (Å²) in [6, 6.07) is 4.28. The molecule has 1 aromatic rings. The number of likely N-dealkylation sites (N-methyl/N-ethyl adjacent to an activating group) is 1. The highest BCUT2D eigenvalue weighted by atomic mass is 16.6. The van der Waals surface area contributed by atoms with E-state index in [1.807, 2.05) is 12.1 Å². The maximum absolute atomic E-state index is 11.7. The second-order valence-corrected chi connectivity index (χ2v) is 8.09. The minimum absolute atomic E-state index is 0.245. The topological polar surface area (TPSA) is 65.1 Å². The third kappa shape index (κ3) is 2.16. The van der Waals surface area contributed by atoms with Gasteiger partial charge < -0.3 is 19.1 Å². The summed E-state index contributed by atoms with van der Waals surface area (Å²) in [7, 11) is 2.17. The summed E-state index contributed by atoms with van der Waals surface area (Å²) in [5.74, 6) is 0.712. The summed E-state index contributed by atoms with van der Waals surface area (Å²) in [4.78, 5) is 25.7. The van der Waals surface area contributed by atoms with E-state index in [2.05, 4.69) is 24.1 Å². The van der Waals surface area contributed by atoms with Gasteiger partial charge in [-0.3, -0.25) is 9.59 Å². The fraction of sp³-hybridized carbons (Fsp3) is 0.524. The quantitative estimate of drug-likeness (QED) is 0.451. The maximum atomic E-state index is 11.7. The number of carbonyl (C=O) groups excluding carboxylic acids is 2. The van der Waals surface area contributed by atoms with Crippen molar-refractivity contribution in [3.05, 3.63) is 35.4 Å². The van der Waals surface area contributed by atoms with Gasteiger partial charge in [0.1, 0.15) is 6.10 Å². The highest BCUT2D eigenvalue weighted by Crippen LogP contribution is 2.62. The highest BCUT2D eigenvalue weighted by Gasteiger charge is 2.65. The van der Waals surface area contributed by atoms with Crippen molar-refractivity contribution in [1.82, 2.24) is 4.90 Å². The average Bonchev–Trinajstić information content (AvgIpc) is 2.95. The molecule has 6 nitrogen and oxygen atoms in total. The van der Waals surface area contributed by atoms with E-state index in [9.17, 15) is 9.59 Å². The number of likely N-dealkylation sites (tertiary alicyclic amines) is 1. The van der Waals surface area contributed by atoms with Gasteiger partial charge in [-0.1, -0.05) is 12.1 Å². The number of benzene rings is 1. The molecule has 2 aliphatic carbocycles. The molecule has 2 heterocycles. The van der Waals surface area contributed by atoms with Crippen LogP contribution in [0.15, 0.2) is 24.3 Å². The summed E-state index contributed by atoms with van der Waals surface area (Å²) in [6.45, 7) is 3.77. The Morgan fingerprint density at radius 3 is 2.78 bits per heavy atom. The Morgan fingerprint density at radius 1 is 1.22 bits per heavy atom. The first-order valence-corrected chi connectivity index (χ1v) is 9.49. The molecule has 5 rings (SSSR count). The lowest BCUT2D eigenvalue weighted by atomic mass is 9.53. The van der Waals surface area contributed by atoms with Gasteiger partial charge in [-0.05, 0) is 44.1 Å². The van der Waals surface area contributed by atoms with Crippen LogP contribution in [-0.4, -0.2) is 48.7 Å². The molecule has 142 valence electrons. The fourth-order valence-corrected chi connectivity index (χ4v) is 5.74. The number of nitrogens with zero attached hydrogens (tertiary/aromatic N) is 1. The van der Waals surface area contributed by atoms with Gasteiger partial charge in [0.15, 0.2) is 17.6 Å². The highest BCUT2D eigenvalue weighted by molar-refractivity contribution is 5.73. The fourth-order valence-electron chi connectivity index (χ4n) is 5.74. The van der Waals surface area contributed by atoms with Crippen molar-refractivity contribution in [2.24, 2.45) is 5.92 Å². The molecule has 27 heavy (non-hydrogen) atoms. The second kappa shape index (κ2) is 5.58. The Kier molecular flexibility index (Phi) is 3.47. The molecule has 0 radical (unpaired) electrons. The SMILES string of the molecule is CC(=O)Oc1ccc2c3c1O[C@H]1[C@@H](OC(C)=O)C=CC4[C@@H](C2)N(C)CCC341. The minimum Gasteiger partial charge on any atom is -0.481 e. The first-order valence-electron chi connectivity index (χ1n) is 9.49. The molecule has 0 N–H and O–H groups in total. The molecule has 2 unspecified atom stereocenters. The van der Waals surface area contributed by atoms with Crippen molar-refractivity contribution in [2.75, 3.05) is 13.6 Å². The summed E-state index contributed by atoms with van der Waals surface area (Å²) >= 11 is 0. The molecule has 2 bridgehead atoms. The van der Waals surface area contributed by atoms with E-state index in [1.165, 1.54) is 19.4 Å². The first-order chi connectivity index (χ1) is 12.9. The molecule has 0 saturated carbocycles. The van der Waals surface area contributed by atoms with Gasteiger partial charge in [0.25, 0.3) is 0 Å². The van der Waals surface area contributed by atoms with Crippen LogP contribution in [0.4, 0.5) is 0 Å². The molecule has 5 atom stereocenters. The van der Waals surface area contributed by atoms with Crippen molar-refractivity contribution in [2.45, 2.75) is 50.4 Å². The Labute approximate surface area is 158 Å². The standard InChI is InChI=1S/C21H23NO5/c1-11(23)25-16-6-4-13-10-15-14-5-7-17(26-12(2)24)20-21(14,8-9-22(15)3)18(13)19(16)27-20/h4-7,14-15,17,20H,8-10H2,1-3H3/t14?,15-,17+,20+,21?/m1/s1. The van der Waals surface area contributed by atoms with E-state index in [1.54, 1.807) is 0 Å². The molecule has 6 heteroatoms. The monoisotopic (exact) mass is 369 g/mol. The molecule has 1 spiro atoms. The van der Waals surface area contributed by atoms with Crippen molar-refractivity contribution >= 4 is 11.9 Å². The van der Waals surface area contributed by atoms with Gasteiger partial charge in [-0.2, -0.15) is 0 Å². The summed E-state index contributed by atoms with van der Waals surface area (Å²) in [6.07, 6.45) is 5.31. The van der Waals surface area contributed by atoms with Crippen LogP contribution in [0.1, 0.15) is 31.4 Å². The number of hydrogen-bond donors (Lipinski definition) is 0. The average molecular weight is 369 g/mol. The zero-order valence-corrected chi connectivity index (χ0v) is 15.7. The number of carbonyl (C=O) groups is 2. The lowest BCUT2D eigenvalue weighted by Gasteiger charge is -2.56. The number of esters is 2. The zero-order chi connectivity index (χ0) is 18.9. The Morgan fingerprint density at radius 2 is 2.04 bits per heavy atom. The first kappa shape index (κ1) is 16.8. The van der Waals surface area contributed by atoms with Crippen LogP contribution in [0.25, 0.3) is 0 Å². The number of hydrogen-bond acceptors (Lipinski definition) is 6. The summed E-state index contributed by atoms with van der Waals surface area (Å²) in [5, 5.41) is 0. The van der Waals surface area contributed by atoms with Crippen LogP contribution < -0.4 is 9.47 Å². The minimum atomic E-state index is -0.439. The Balaban J connectivity index is 1.71. The molecular weight excluding hydrogens is 346 g/mol. The van der Waals surface area contributed by atoms with E-state index >= 15 is 0 Å². The van der Waals surface area contributed by atoms with Crippen LogP contribution in [0.5, 0.6) is 11.5 Å². The predicted molar refractivity (Wildman–Crippen MR) is 96.8 cm³/mol. The van der Waals surface area contributed by atoms with Crippen LogP contribution in [0.2, 0.25) is 0 Å². The van der Waals surface area contributed by atoms with E-state index in [-0.39, 0.29) is 29.4 Å². The predicted octanol–water partition coefficient (Wildman–Crippen LogP) is 1.99. The summed E-state index contributed by atoms with van der Waals surface area (Å²) in [5.41, 5.74) is 2.15. The van der Waals surface area contributed by atoms with Gasteiger partial charge in [0, 0.05) is 36.8 Å². The molecule has 4 aliphatic rings. The van der Waals surface area contributed by atoms with Crippen molar-refractivity contribution in [3.63, 3.8) is 0 Å². The molecule has 0 amide bonds. The number of rotatable bonds is 2. The van der Waals surface area contributed by atoms with Crippen molar-refractivity contribution in [1.29, 1.82) is 0 Å². The largest absolute Gasteiger partial charge is 0.481 e. The third-order valence-corrected chi connectivity index (χ3v) is 6.67. The molecular formula is C21H23NO5. The van der Waals surface area contributed by atoms with E-state index in [4.69, 9.17) is 14.2 Å². The van der Waals surface area contributed by atoms with Gasteiger partial charge in [0.2, 0.25) is 0 Å². The van der Waals surface area contributed by atoms with Gasteiger partial charge >= 0.3 is 11.9 Å². The molecule has 0 aromatic heterocycles. The van der Waals surface area contributed by atoms with Gasteiger partial charge in [-0.25, -0.2) is 0 Å². The van der Waals surface area contributed by atoms with Gasteiger partial charge in [0.05, 0.1) is 0 Å². The van der Waals surface area contributed by atoms with Crippen molar-refractivity contribution < 1.29 is 23.8 Å². The number of piperidine rings is 1. The lowest BCUT2D eigenvalue weighted by Crippen LogP contribution is -2.65. The van der Waals surface area contributed by atoms with E-state index in [0.717, 1.165) is 24.9 Å². The van der Waals surface area contributed by atoms with Crippen LogP contribution in [0, 0.1) is 5.92 Å².